The summed E-state index contributed by atoms with van der Waals surface area (Å²) in [7, 11) is 1.55. The van der Waals surface area contributed by atoms with Gasteiger partial charge in [-0.25, -0.2) is 4.57 Å². The van der Waals surface area contributed by atoms with Gasteiger partial charge in [-0.1, -0.05) is 128 Å². The number of phosphoric ester groups is 1. The molecule has 0 aromatic heterocycles. The Morgan fingerprint density at radius 2 is 1.25 bits per heavy atom. The van der Waals surface area contributed by atoms with Crippen molar-refractivity contribution in [2.45, 2.75) is 154 Å². The number of unbranched alkanes of at least 4 members (excludes halogenated alkanes) is 16. The van der Waals surface area contributed by atoms with Gasteiger partial charge in [-0.05, 0) is 32.1 Å². The highest BCUT2D eigenvalue weighted by atomic mass is 31.2. The van der Waals surface area contributed by atoms with Crippen LogP contribution in [0, 0.1) is 0 Å². The third-order valence-corrected chi connectivity index (χ3v) is 8.66. The van der Waals surface area contributed by atoms with Gasteiger partial charge in [-0.15, -0.1) is 0 Å². The average molecular weight is 646 g/mol. The number of carbonyl (C=O) groups excluding carboxylic acids is 1. The SMILES string of the molecule is CCCCCCCCCCCCCCCC/C=C/CC/C=C/C(O)C(COP(=O)(O)OCC[N+](C)(C)C)NC(=O)CCCC. The van der Waals surface area contributed by atoms with Crippen LogP contribution in [0.3, 0.4) is 0 Å². The lowest BCUT2D eigenvalue weighted by molar-refractivity contribution is -0.870. The Morgan fingerprint density at radius 3 is 1.80 bits per heavy atom. The Hall–Kier alpha value is -1.02. The summed E-state index contributed by atoms with van der Waals surface area (Å²) in [6.07, 6.45) is 30.7. The summed E-state index contributed by atoms with van der Waals surface area (Å²) < 4.78 is 23.1. The second-order valence-electron chi connectivity index (χ2n) is 13.2. The van der Waals surface area contributed by atoms with E-state index in [1.807, 2.05) is 34.1 Å². The van der Waals surface area contributed by atoms with Crippen LogP contribution in [0.2, 0.25) is 0 Å². The van der Waals surface area contributed by atoms with E-state index in [0.29, 0.717) is 17.4 Å². The van der Waals surface area contributed by atoms with Crippen LogP contribution in [0.1, 0.15) is 142 Å². The lowest BCUT2D eigenvalue weighted by Crippen LogP contribution is -2.45. The minimum atomic E-state index is -4.31. The Bertz CT molecular complexity index is 784. The lowest BCUT2D eigenvalue weighted by atomic mass is 10.0. The first-order valence-electron chi connectivity index (χ1n) is 17.7. The first-order chi connectivity index (χ1) is 21.0. The second-order valence-corrected chi connectivity index (χ2v) is 14.7. The standard InChI is InChI=1S/C35H69N2O6P/c1-6-8-10-11-12-13-14-15-16-17-18-19-20-21-22-23-24-25-26-27-28-34(38)33(36-35(39)29-9-7-2)32-43-44(40,41)42-31-30-37(3,4)5/h23-24,27-28,33-34,38H,6-22,25-26,29-32H2,1-5H3,(H-,36,39,40,41)/p+1/b24-23+,28-27+. The zero-order valence-electron chi connectivity index (χ0n) is 29.1. The highest BCUT2D eigenvalue weighted by Crippen LogP contribution is 2.43. The molecule has 0 bridgehead atoms. The quantitative estimate of drug-likeness (QED) is 0.0302. The molecule has 0 spiro atoms. The number of hydrogen-bond donors (Lipinski definition) is 3. The summed E-state index contributed by atoms with van der Waals surface area (Å²) in [6.45, 7) is 4.52. The normalized spacial score (nSPS) is 15.2. The minimum absolute atomic E-state index is 0.0557. The number of allylic oxidation sites excluding steroid dienone is 3. The number of nitrogens with zero attached hydrogens (tertiary/aromatic N) is 1. The van der Waals surface area contributed by atoms with Crippen molar-refractivity contribution in [3.05, 3.63) is 24.3 Å². The molecule has 260 valence electrons. The fourth-order valence-corrected chi connectivity index (χ4v) is 5.47. The molecule has 44 heavy (non-hydrogen) atoms. The maximum Gasteiger partial charge on any atom is 0.472 e. The van der Waals surface area contributed by atoms with Gasteiger partial charge in [0.15, 0.2) is 0 Å². The van der Waals surface area contributed by atoms with Gasteiger partial charge in [0.05, 0.1) is 39.9 Å². The molecule has 0 rings (SSSR count). The van der Waals surface area contributed by atoms with E-state index in [0.717, 1.165) is 32.1 Å². The van der Waals surface area contributed by atoms with Crippen LogP contribution in [0.5, 0.6) is 0 Å². The average Bonchev–Trinajstić information content (AvgIpc) is 2.96. The van der Waals surface area contributed by atoms with E-state index in [1.165, 1.54) is 89.9 Å². The van der Waals surface area contributed by atoms with E-state index in [1.54, 1.807) is 6.08 Å². The lowest BCUT2D eigenvalue weighted by Gasteiger charge is -2.25. The Labute approximate surface area is 271 Å². The third kappa shape index (κ3) is 29.7. The predicted molar refractivity (Wildman–Crippen MR) is 185 cm³/mol. The smallest absolute Gasteiger partial charge is 0.387 e. The number of carbonyl (C=O) groups is 1. The molecule has 9 heteroatoms. The number of nitrogens with one attached hydrogen (secondary N) is 1. The number of aliphatic hydroxyl groups excluding tert-OH is 1. The predicted octanol–water partition coefficient (Wildman–Crippen LogP) is 8.63. The molecule has 0 saturated heterocycles. The van der Waals surface area contributed by atoms with E-state index >= 15 is 0 Å². The van der Waals surface area contributed by atoms with Crippen molar-refractivity contribution in [3.8, 4) is 0 Å². The number of phosphoric acid groups is 1. The van der Waals surface area contributed by atoms with Crippen LogP contribution in [-0.4, -0.2) is 73.4 Å². The molecule has 3 N–H and O–H groups in total. The molecule has 1 amide bonds. The molecule has 0 aromatic rings. The van der Waals surface area contributed by atoms with E-state index in [4.69, 9.17) is 9.05 Å². The van der Waals surface area contributed by atoms with Crippen molar-refractivity contribution >= 4 is 13.7 Å². The maximum absolute atomic E-state index is 12.3. The summed E-state index contributed by atoms with van der Waals surface area (Å²) in [5.74, 6) is -0.224. The fraction of sp³-hybridized carbons (Fsp3) is 0.857. The maximum atomic E-state index is 12.3. The van der Waals surface area contributed by atoms with Crippen LogP contribution in [0.4, 0.5) is 0 Å². The molecule has 0 saturated carbocycles. The summed E-state index contributed by atoms with van der Waals surface area (Å²) in [5, 5.41) is 13.4. The van der Waals surface area contributed by atoms with Crippen LogP contribution in [0.25, 0.3) is 0 Å². The topological polar surface area (TPSA) is 105 Å². The molecule has 0 heterocycles. The van der Waals surface area contributed by atoms with E-state index in [9.17, 15) is 19.4 Å². The summed E-state index contributed by atoms with van der Waals surface area (Å²) >= 11 is 0. The van der Waals surface area contributed by atoms with Gasteiger partial charge in [-0.3, -0.25) is 13.8 Å². The van der Waals surface area contributed by atoms with Gasteiger partial charge in [-0.2, -0.15) is 0 Å². The number of quaternary nitrogens is 1. The molecular weight excluding hydrogens is 575 g/mol. The minimum Gasteiger partial charge on any atom is -0.387 e. The largest absolute Gasteiger partial charge is 0.472 e. The monoisotopic (exact) mass is 645 g/mol. The van der Waals surface area contributed by atoms with Crippen molar-refractivity contribution in [3.63, 3.8) is 0 Å². The van der Waals surface area contributed by atoms with Crippen LogP contribution >= 0.6 is 7.82 Å². The molecule has 8 nitrogen and oxygen atoms in total. The van der Waals surface area contributed by atoms with Crippen molar-refractivity contribution < 1.29 is 32.9 Å². The number of hydrogen-bond acceptors (Lipinski definition) is 5. The van der Waals surface area contributed by atoms with Gasteiger partial charge in [0.1, 0.15) is 13.2 Å². The van der Waals surface area contributed by atoms with Crippen LogP contribution < -0.4 is 5.32 Å². The van der Waals surface area contributed by atoms with Gasteiger partial charge in [0.25, 0.3) is 0 Å². The molecule has 0 aliphatic carbocycles. The van der Waals surface area contributed by atoms with Crippen LogP contribution in [-0.2, 0) is 18.4 Å². The molecule has 0 fully saturated rings. The highest BCUT2D eigenvalue weighted by molar-refractivity contribution is 7.47. The van der Waals surface area contributed by atoms with E-state index in [2.05, 4.69) is 24.4 Å². The Morgan fingerprint density at radius 1 is 0.750 bits per heavy atom. The summed E-state index contributed by atoms with van der Waals surface area (Å²) in [6, 6.07) is -0.853. The molecule has 0 aliphatic rings. The number of rotatable bonds is 31. The first-order valence-corrected chi connectivity index (χ1v) is 19.2. The fourth-order valence-electron chi connectivity index (χ4n) is 4.74. The van der Waals surface area contributed by atoms with E-state index in [-0.39, 0.29) is 19.1 Å². The van der Waals surface area contributed by atoms with Crippen LogP contribution in [0.15, 0.2) is 24.3 Å². The van der Waals surface area contributed by atoms with Gasteiger partial charge >= 0.3 is 7.82 Å². The van der Waals surface area contributed by atoms with E-state index < -0.39 is 20.0 Å². The Kier molecular flexibility index (Phi) is 27.6. The summed E-state index contributed by atoms with van der Waals surface area (Å²) in [4.78, 5) is 22.4. The molecule has 0 radical (unpaired) electrons. The number of aliphatic hydroxyl groups is 1. The van der Waals surface area contributed by atoms with Crippen molar-refractivity contribution in [1.29, 1.82) is 0 Å². The first kappa shape index (κ1) is 43.0. The summed E-state index contributed by atoms with van der Waals surface area (Å²) in [5.41, 5.74) is 0. The molecule has 3 unspecified atom stereocenters. The molecule has 0 aliphatic heterocycles. The van der Waals surface area contributed by atoms with Crippen molar-refractivity contribution in [2.24, 2.45) is 0 Å². The zero-order chi connectivity index (χ0) is 32.9. The van der Waals surface area contributed by atoms with Crippen molar-refractivity contribution in [2.75, 3.05) is 40.9 Å². The zero-order valence-corrected chi connectivity index (χ0v) is 30.0. The molecular formula is C35H70N2O6P+. The molecule has 3 atom stereocenters. The number of amides is 1. The van der Waals surface area contributed by atoms with Gasteiger partial charge < -0.3 is 19.8 Å². The number of likely N-dealkylation sites (N-methyl/N-ethyl adjacent to an activating group) is 1. The third-order valence-electron chi connectivity index (χ3n) is 7.67. The highest BCUT2D eigenvalue weighted by Gasteiger charge is 2.27. The molecule has 0 aromatic carbocycles. The second kappa shape index (κ2) is 28.2. The van der Waals surface area contributed by atoms with Crippen molar-refractivity contribution in [1.82, 2.24) is 5.32 Å². The van der Waals surface area contributed by atoms with Gasteiger partial charge in [0, 0.05) is 6.42 Å². The van der Waals surface area contributed by atoms with Gasteiger partial charge in [0.2, 0.25) is 5.91 Å². The Balaban J connectivity index is 4.19.